The van der Waals surface area contributed by atoms with E-state index in [1.165, 1.54) is 12.8 Å². The molecule has 0 saturated heterocycles. The van der Waals surface area contributed by atoms with Crippen molar-refractivity contribution in [1.82, 2.24) is 0 Å². The lowest BCUT2D eigenvalue weighted by atomic mass is 9.92. The number of carbonyl (C=O) groups is 1. The molecule has 2 heteroatoms. The Morgan fingerprint density at radius 1 is 1.33 bits per heavy atom. The second-order valence-corrected chi connectivity index (χ2v) is 4.66. The molecule has 0 aromatic heterocycles. The molecule has 66 valence electrons. The summed E-state index contributed by atoms with van der Waals surface area (Å²) < 4.78 is 0. The fraction of sp³-hybridized carbons (Fsp3) is 0.900. The summed E-state index contributed by atoms with van der Waals surface area (Å²) >= 11 is 0. The van der Waals surface area contributed by atoms with E-state index >= 15 is 0 Å². The minimum absolute atomic E-state index is 0.158. The highest BCUT2D eigenvalue weighted by molar-refractivity contribution is 5.84. The van der Waals surface area contributed by atoms with Gasteiger partial charge in [0.1, 0.15) is 5.78 Å². The van der Waals surface area contributed by atoms with E-state index in [1.807, 2.05) is 0 Å². The largest absolute Gasteiger partial charge is 0.393 e. The van der Waals surface area contributed by atoms with Crippen molar-refractivity contribution in [3.63, 3.8) is 0 Å². The van der Waals surface area contributed by atoms with E-state index in [1.54, 1.807) is 0 Å². The van der Waals surface area contributed by atoms with E-state index < -0.39 is 0 Å². The molecule has 3 rings (SSSR count). The van der Waals surface area contributed by atoms with Crippen molar-refractivity contribution in [3.8, 4) is 0 Å². The van der Waals surface area contributed by atoms with Crippen molar-refractivity contribution in [2.45, 2.75) is 31.8 Å². The van der Waals surface area contributed by atoms with Crippen LogP contribution in [0.5, 0.6) is 0 Å². The Balaban J connectivity index is 1.98. The van der Waals surface area contributed by atoms with Crippen LogP contribution < -0.4 is 0 Å². The lowest BCUT2D eigenvalue weighted by Crippen LogP contribution is -2.15. The molecule has 3 aliphatic carbocycles. The second kappa shape index (κ2) is 2.11. The van der Waals surface area contributed by atoms with Crippen molar-refractivity contribution < 1.29 is 9.90 Å². The maximum absolute atomic E-state index is 11.5. The van der Waals surface area contributed by atoms with E-state index in [0.29, 0.717) is 23.5 Å². The van der Waals surface area contributed by atoms with Crippen LogP contribution >= 0.6 is 0 Å². The summed E-state index contributed by atoms with van der Waals surface area (Å²) in [5, 5.41) is 9.69. The van der Waals surface area contributed by atoms with Crippen molar-refractivity contribution in [1.29, 1.82) is 0 Å². The van der Waals surface area contributed by atoms with E-state index in [0.717, 1.165) is 12.8 Å². The fourth-order valence-electron chi connectivity index (χ4n) is 3.80. The monoisotopic (exact) mass is 166 g/mol. The van der Waals surface area contributed by atoms with Gasteiger partial charge in [0.15, 0.2) is 0 Å². The van der Waals surface area contributed by atoms with Crippen LogP contribution in [-0.2, 0) is 4.79 Å². The Morgan fingerprint density at radius 2 is 2.17 bits per heavy atom. The zero-order chi connectivity index (χ0) is 8.29. The van der Waals surface area contributed by atoms with Crippen molar-refractivity contribution in [2.75, 3.05) is 0 Å². The highest BCUT2D eigenvalue weighted by atomic mass is 16.3. The van der Waals surface area contributed by atoms with Crippen LogP contribution in [0.2, 0.25) is 0 Å². The normalized spacial score (nSPS) is 56.4. The van der Waals surface area contributed by atoms with Gasteiger partial charge in [-0.1, -0.05) is 0 Å². The maximum Gasteiger partial charge on any atom is 0.136 e. The Bertz CT molecular complexity index is 236. The standard InChI is InChI=1S/C10H14O2/c11-8-3-5-1-2-6-9(12)4-7(8)10(5)6/h5-7,9-10,12H,1-4H2/t5-,6+,7+,9+,10+/m0/s1. The van der Waals surface area contributed by atoms with Crippen LogP contribution in [0.1, 0.15) is 25.7 Å². The van der Waals surface area contributed by atoms with E-state index in [2.05, 4.69) is 0 Å². The van der Waals surface area contributed by atoms with Gasteiger partial charge in [-0.05, 0) is 37.0 Å². The molecule has 5 atom stereocenters. The predicted octanol–water partition coefficient (Wildman–Crippen LogP) is 0.982. The number of aliphatic hydroxyl groups excluding tert-OH is 1. The SMILES string of the molecule is O=C1C[C@@H]2CC[C@H]3[C@@H]2[C@@H]1C[C@H]3O. The second-order valence-electron chi connectivity index (χ2n) is 4.66. The van der Waals surface area contributed by atoms with Crippen LogP contribution in [0.25, 0.3) is 0 Å². The number of rotatable bonds is 0. The molecular weight excluding hydrogens is 152 g/mol. The first-order valence-corrected chi connectivity index (χ1v) is 4.98. The summed E-state index contributed by atoms with van der Waals surface area (Å²) in [6.07, 6.45) is 3.78. The van der Waals surface area contributed by atoms with Crippen molar-refractivity contribution in [3.05, 3.63) is 0 Å². The number of hydrogen-bond donors (Lipinski definition) is 1. The van der Waals surface area contributed by atoms with Gasteiger partial charge in [0.25, 0.3) is 0 Å². The first-order valence-electron chi connectivity index (χ1n) is 4.98. The van der Waals surface area contributed by atoms with E-state index in [-0.39, 0.29) is 12.0 Å². The van der Waals surface area contributed by atoms with Gasteiger partial charge in [0.05, 0.1) is 6.10 Å². The Labute approximate surface area is 72.0 Å². The third-order valence-electron chi connectivity index (χ3n) is 4.24. The van der Waals surface area contributed by atoms with Crippen LogP contribution in [0, 0.1) is 23.7 Å². The molecule has 0 unspecified atom stereocenters. The van der Waals surface area contributed by atoms with Gasteiger partial charge in [-0.3, -0.25) is 4.79 Å². The summed E-state index contributed by atoms with van der Waals surface area (Å²) in [4.78, 5) is 11.5. The molecule has 12 heavy (non-hydrogen) atoms. The zero-order valence-corrected chi connectivity index (χ0v) is 7.07. The Hall–Kier alpha value is -0.370. The van der Waals surface area contributed by atoms with Crippen molar-refractivity contribution >= 4 is 5.78 Å². The molecule has 0 aliphatic heterocycles. The van der Waals surface area contributed by atoms with E-state index in [9.17, 15) is 9.90 Å². The van der Waals surface area contributed by atoms with Crippen LogP contribution in [0.3, 0.4) is 0 Å². The highest BCUT2D eigenvalue weighted by Crippen LogP contribution is 2.56. The average molecular weight is 166 g/mol. The summed E-state index contributed by atoms with van der Waals surface area (Å²) in [6.45, 7) is 0. The molecule has 0 aromatic rings. The molecule has 3 fully saturated rings. The van der Waals surface area contributed by atoms with E-state index in [4.69, 9.17) is 0 Å². The molecule has 0 bridgehead atoms. The van der Waals surface area contributed by atoms with Gasteiger partial charge in [0.2, 0.25) is 0 Å². The number of aliphatic hydroxyl groups is 1. The van der Waals surface area contributed by atoms with Crippen LogP contribution in [0.15, 0.2) is 0 Å². The maximum atomic E-state index is 11.5. The minimum Gasteiger partial charge on any atom is -0.393 e. The Morgan fingerprint density at radius 3 is 3.00 bits per heavy atom. The average Bonchev–Trinajstić information content (AvgIpc) is 2.59. The minimum atomic E-state index is -0.158. The van der Waals surface area contributed by atoms with Gasteiger partial charge >= 0.3 is 0 Å². The summed E-state index contributed by atoms with van der Waals surface area (Å²) in [5.41, 5.74) is 0. The van der Waals surface area contributed by atoms with Crippen LogP contribution in [-0.4, -0.2) is 17.0 Å². The number of Topliss-reactive ketones (excluding diaryl/α,β-unsaturated/α-hetero) is 1. The topological polar surface area (TPSA) is 37.3 Å². The molecule has 0 spiro atoms. The molecule has 0 amide bonds. The summed E-state index contributed by atoms with van der Waals surface area (Å²) in [7, 11) is 0. The van der Waals surface area contributed by atoms with Gasteiger partial charge in [0, 0.05) is 12.3 Å². The summed E-state index contributed by atoms with van der Waals surface area (Å²) in [5.74, 6) is 2.38. The van der Waals surface area contributed by atoms with Gasteiger partial charge in [-0.15, -0.1) is 0 Å². The lowest BCUT2D eigenvalue weighted by Gasteiger charge is -2.13. The molecule has 2 nitrogen and oxygen atoms in total. The van der Waals surface area contributed by atoms with Crippen molar-refractivity contribution in [2.24, 2.45) is 23.7 Å². The Kier molecular flexibility index (Phi) is 1.24. The fourth-order valence-corrected chi connectivity index (χ4v) is 3.80. The van der Waals surface area contributed by atoms with Gasteiger partial charge in [-0.2, -0.15) is 0 Å². The zero-order valence-electron chi connectivity index (χ0n) is 7.07. The molecule has 3 aliphatic rings. The molecule has 0 aromatic carbocycles. The highest BCUT2D eigenvalue weighted by Gasteiger charge is 2.56. The quantitative estimate of drug-likeness (QED) is 0.582. The molecule has 0 radical (unpaired) electrons. The van der Waals surface area contributed by atoms with Gasteiger partial charge < -0.3 is 5.11 Å². The third-order valence-corrected chi connectivity index (χ3v) is 4.24. The number of hydrogen-bond acceptors (Lipinski definition) is 2. The smallest absolute Gasteiger partial charge is 0.136 e. The summed E-state index contributed by atoms with van der Waals surface area (Å²) in [6, 6.07) is 0. The lowest BCUT2D eigenvalue weighted by molar-refractivity contribution is -0.121. The molecule has 3 saturated carbocycles. The first kappa shape index (κ1) is 7.07. The number of carbonyl (C=O) groups excluding carboxylic acids is 1. The number of ketones is 1. The first-order chi connectivity index (χ1) is 5.77. The molecule has 1 N–H and O–H groups in total. The molecule has 0 heterocycles. The molecular formula is C10H14O2. The van der Waals surface area contributed by atoms with Crippen LogP contribution in [0.4, 0.5) is 0 Å². The van der Waals surface area contributed by atoms with Gasteiger partial charge in [-0.25, -0.2) is 0 Å². The third kappa shape index (κ3) is 0.674. The predicted molar refractivity (Wildman–Crippen MR) is 43.4 cm³/mol.